The van der Waals surface area contributed by atoms with Crippen molar-refractivity contribution in [2.75, 3.05) is 0 Å². The summed E-state index contributed by atoms with van der Waals surface area (Å²) in [6, 6.07) is 16.0. The molecule has 0 saturated carbocycles. The van der Waals surface area contributed by atoms with Gasteiger partial charge in [-0.25, -0.2) is 0 Å². The van der Waals surface area contributed by atoms with Gasteiger partial charge in [0, 0.05) is 12.8 Å². The molecule has 2 rings (SSSR count). The zero-order valence-corrected chi connectivity index (χ0v) is 15.8. The second-order valence-corrected chi connectivity index (χ2v) is 9.74. The summed E-state index contributed by atoms with van der Waals surface area (Å²) >= 11 is 0. The van der Waals surface area contributed by atoms with Gasteiger partial charge in [0.1, 0.15) is 11.9 Å². The van der Waals surface area contributed by atoms with Gasteiger partial charge in [-0.3, -0.25) is 9.12 Å². The molecule has 2 aromatic rings. The highest BCUT2D eigenvalue weighted by atomic mass is 32.2. The maximum atomic E-state index is 11.6. The fourth-order valence-electron chi connectivity index (χ4n) is 2.58. The lowest BCUT2D eigenvalue weighted by atomic mass is 10.1. The molecule has 0 fully saturated rings. The maximum absolute atomic E-state index is 11.6. The first-order chi connectivity index (χ1) is 12.1. The number of hydrogen-bond donors (Lipinski definition) is 3. The van der Waals surface area contributed by atoms with E-state index in [4.69, 9.17) is 4.74 Å². The van der Waals surface area contributed by atoms with Crippen molar-refractivity contribution >= 4 is 17.7 Å². The van der Waals surface area contributed by atoms with E-state index in [2.05, 4.69) is 0 Å². The van der Waals surface area contributed by atoms with Crippen LogP contribution in [0.2, 0.25) is 0 Å². The molecule has 2 atom stereocenters. The molecule has 0 aliphatic carbocycles. The lowest BCUT2D eigenvalue weighted by molar-refractivity contribution is 0.189. The standard InChI is InChI=1S/C17H21O7PS/c1-13-7-5-6-10-16(13)24-15(11-14-8-3-2-4-9-14)12-17(25(18,19)20)26(21,22)23/h2-10,15,17H,11-12H2,1H3,(H2,18,19,20)(H,21,22,23). The number of ether oxygens (including phenoxy) is 1. The molecule has 0 saturated heterocycles. The van der Waals surface area contributed by atoms with Gasteiger partial charge >= 0.3 is 7.60 Å². The van der Waals surface area contributed by atoms with E-state index in [0.29, 0.717) is 5.75 Å². The predicted octanol–water partition coefficient (Wildman–Crippen LogP) is 2.77. The van der Waals surface area contributed by atoms with Crippen LogP contribution in [0.3, 0.4) is 0 Å². The Balaban J connectivity index is 2.33. The Kier molecular flexibility index (Phi) is 6.60. The maximum Gasteiger partial charge on any atom is 0.346 e. The summed E-state index contributed by atoms with van der Waals surface area (Å²) in [5, 5.41) is 0. The first-order valence-corrected chi connectivity index (χ1v) is 11.0. The third kappa shape index (κ3) is 5.93. The first-order valence-electron chi connectivity index (χ1n) is 7.85. The van der Waals surface area contributed by atoms with Gasteiger partial charge in [0.2, 0.25) is 0 Å². The van der Waals surface area contributed by atoms with Crippen molar-refractivity contribution in [3.63, 3.8) is 0 Å². The molecule has 0 bridgehead atoms. The molecule has 0 aromatic heterocycles. The van der Waals surface area contributed by atoms with Crippen molar-refractivity contribution < 1.29 is 32.1 Å². The van der Waals surface area contributed by atoms with Crippen LogP contribution < -0.4 is 4.74 Å². The second kappa shape index (κ2) is 8.33. The molecule has 3 N–H and O–H groups in total. The van der Waals surface area contributed by atoms with E-state index in [-0.39, 0.29) is 6.42 Å². The van der Waals surface area contributed by atoms with E-state index in [1.807, 2.05) is 12.1 Å². The van der Waals surface area contributed by atoms with Gasteiger partial charge in [0.15, 0.2) is 4.99 Å². The first kappa shape index (κ1) is 20.6. The average Bonchev–Trinajstić information content (AvgIpc) is 2.53. The quantitative estimate of drug-likeness (QED) is 0.460. The zero-order chi connectivity index (χ0) is 19.4. The molecule has 0 radical (unpaired) electrons. The van der Waals surface area contributed by atoms with E-state index in [9.17, 15) is 27.3 Å². The Morgan fingerprint density at radius 2 is 1.62 bits per heavy atom. The van der Waals surface area contributed by atoms with Gasteiger partial charge in [0.05, 0.1) is 0 Å². The fraction of sp³-hybridized carbons (Fsp3) is 0.294. The number of hydrogen-bond acceptors (Lipinski definition) is 4. The van der Waals surface area contributed by atoms with Crippen molar-refractivity contribution in [2.24, 2.45) is 0 Å². The minimum Gasteiger partial charge on any atom is -0.490 e. The van der Waals surface area contributed by atoms with E-state index >= 15 is 0 Å². The Labute approximate surface area is 152 Å². The normalized spacial score (nSPS) is 14.6. The summed E-state index contributed by atoms with van der Waals surface area (Å²) in [6.07, 6.45) is -1.19. The molecule has 2 unspecified atom stereocenters. The zero-order valence-electron chi connectivity index (χ0n) is 14.1. The Hall–Kier alpha value is -1.70. The summed E-state index contributed by atoms with van der Waals surface area (Å²) in [4.78, 5) is 16.5. The van der Waals surface area contributed by atoms with Gasteiger partial charge in [0.25, 0.3) is 10.1 Å². The molecule has 26 heavy (non-hydrogen) atoms. The van der Waals surface area contributed by atoms with Crippen LogP contribution in [0.1, 0.15) is 17.5 Å². The van der Waals surface area contributed by atoms with Crippen LogP contribution in [0.4, 0.5) is 0 Å². The number of aryl methyl sites for hydroxylation is 1. The third-order valence-corrected chi connectivity index (χ3v) is 7.34. The molecular weight excluding hydrogens is 379 g/mol. The molecule has 142 valence electrons. The van der Waals surface area contributed by atoms with E-state index < -0.39 is 35.2 Å². The van der Waals surface area contributed by atoms with Crippen LogP contribution >= 0.6 is 7.60 Å². The monoisotopic (exact) mass is 400 g/mol. The summed E-state index contributed by atoms with van der Waals surface area (Å²) in [5.41, 5.74) is 1.61. The van der Waals surface area contributed by atoms with Crippen molar-refractivity contribution in [3.05, 3.63) is 65.7 Å². The summed E-state index contributed by atoms with van der Waals surface area (Å²) in [5.74, 6) is 0.480. The van der Waals surface area contributed by atoms with Crippen LogP contribution in [0.15, 0.2) is 54.6 Å². The summed E-state index contributed by atoms with van der Waals surface area (Å²) in [6.45, 7) is 1.80. The van der Waals surface area contributed by atoms with Gasteiger partial charge in [-0.05, 0) is 24.1 Å². The topological polar surface area (TPSA) is 121 Å². The van der Waals surface area contributed by atoms with E-state index in [1.165, 1.54) is 0 Å². The smallest absolute Gasteiger partial charge is 0.346 e. The second-order valence-electron chi connectivity index (χ2n) is 5.99. The van der Waals surface area contributed by atoms with Crippen LogP contribution in [0, 0.1) is 6.92 Å². The van der Waals surface area contributed by atoms with Crippen molar-refractivity contribution in [1.82, 2.24) is 0 Å². The molecule has 9 heteroatoms. The fourth-order valence-corrected chi connectivity index (χ4v) is 4.93. The van der Waals surface area contributed by atoms with Crippen molar-refractivity contribution in [1.29, 1.82) is 0 Å². The largest absolute Gasteiger partial charge is 0.490 e. The Morgan fingerprint density at radius 1 is 1.04 bits per heavy atom. The molecule has 0 aliphatic heterocycles. The predicted molar refractivity (Wildman–Crippen MR) is 97.7 cm³/mol. The molecule has 0 spiro atoms. The number of para-hydroxylation sites is 1. The third-order valence-electron chi connectivity index (χ3n) is 3.88. The minimum absolute atomic E-state index is 0.223. The highest BCUT2D eigenvalue weighted by Crippen LogP contribution is 2.46. The van der Waals surface area contributed by atoms with Crippen LogP contribution in [-0.2, 0) is 21.1 Å². The summed E-state index contributed by atoms with van der Waals surface area (Å²) in [7, 11) is -10.0. The SMILES string of the molecule is Cc1ccccc1OC(Cc1ccccc1)CC(P(=O)(O)O)S(=O)(=O)O. The van der Waals surface area contributed by atoms with Crippen molar-refractivity contribution in [2.45, 2.75) is 30.9 Å². The number of benzene rings is 2. The molecule has 7 nitrogen and oxygen atoms in total. The lowest BCUT2D eigenvalue weighted by Gasteiger charge is -2.24. The molecular formula is C17H21O7PS. The molecule has 0 aliphatic rings. The van der Waals surface area contributed by atoms with E-state index in [0.717, 1.165) is 11.1 Å². The van der Waals surface area contributed by atoms with Gasteiger partial charge < -0.3 is 14.5 Å². The number of rotatable bonds is 8. The summed E-state index contributed by atoms with van der Waals surface area (Å²) < 4.78 is 49.7. The average molecular weight is 400 g/mol. The van der Waals surface area contributed by atoms with Crippen LogP contribution in [-0.4, -0.2) is 33.9 Å². The van der Waals surface area contributed by atoms with Crippen LogP contribution in [0.5, 0.6) is 5.75 Å². The van der Waals surface area contributed by atoms with Gasteiger partial charge in [-0.2, -0.15) is 8.42 Å². The van der Waals surface area contributed by atoms with Gasteiger partial charge in [-0.1, -0.05) is 48.5 Å². The highest BCUT2D eigenvalue weighted by Gasteiger charge is 2.42. The highest BCUT2D eigenvalue weighted by molar-refractivity contribution is 7.93. The minimum atomic E-state index is -5.09. The lowest BCUT2D eigenvalue weighted by Crippen LogP contribution is -2.31. The molecule has 0 amide bonds. The van der Waals surface area contributed by atoms with Gasteiger partial charge in [-0.15, -0.1) is 0 Å². The van der Waals surface area contributed by atoms with Crippen LogP contribution in [0.25, 0.3) is 0 Å². The van der Waals surface area contributed by atoms with E-state index in [1.54, 1.807) is 49.4 Å². The molecule has 0 heterocycles. The van der Waals surface area contributed by atoms with Crippen molar-refractivity contribution in [3.8, 4) is 5.75 Å². The Morgan fingerprint density at radius 3 is 2.15 bits per heavy atom. The molecule has 2 aromatic carbocycles. The Bertz CT molecular complexity index is 877.